The van der Waals surface area contributed by atoms with Gasteiger partial charge in [-0.25, -0.2) is 0 Å². The van der Waals surface area contributed by atoms with Gasteiger partial charge in [-0.05, 0) is 49.6 Å². The monoisotopic (exact) mass is 289 g/mol. The second kappa shape index (κ2) is 7.32. The lowest BCUT2D eigenvalue weighted by Crippen LogP contribution is -2.14. The molecule has 2 aromatic carbocycles. The Labute approximate surface area is 125 Å². The smallest absolute Gasteiger partial charge is 0.138 e. The molecule has 2 aromatic rings. The summed E-state index contributed by atoms with van der Waals surface area (Å²) >= 11 is 6.31. The summed E-state index contributed by atoms with van der Waals surface area (Å²) in [6, 6.07) is 16.1. The molecule has 2 nitrogen and oxygen atoms in total. The summed E-state index contributed by atoms with van der Waals surface area (Å²) in [7, 11) is 0. The maximum absolute atomic E-state index is 6.31. The van der Waals surface area contributed by atoms with E-state index < -0.39 is 0 Å². The Morgan fingerprint density at radius 3 is 2.50 bits per heavy atom. The van der Waals surface area contributed by atoms with Crippen LogP contribution in [0.15, 0.2) is 48.5 Å². The summed E-state index contributed by atoms with van der Waals surface area (Å²) in [5.41, 5.74) is 7.75. The number of hydrogen-bond acceptors (Lipinski definition) is 2. The van der Waals surface area contributed by atoms with E-state index in [1.807, 2.05) is 43.3 Å². The molecule has 0 saturated heterocycles. The lowest BCUT2D eigenvalue weighted by molar-refractivity contribution is 0.209. The van der Waals surface area contributed by atoms with Gasteiger partial charge in [0.15, 0.2) is 0 Å². The Kier molecular flexibility index (Phi) is 5.45. The molecule has 0 heterocycles. The van der Waals surface area contributed by atoms with E-state index in [0.29, 0.717) is 11.6 Å². The second-order valence-electron chi connectivity index (χ2n) is 4.87. The minimum atomic E-state index is 0.124. The largest absolute Gasteiger partial charge is 0.489 e. The first-order valence-electron chi connectivity index (χ1n) is 6.92. The highest BCUT2D eigenvalue weighted by Gasteiger charge is 2.08. The molecule has 3 heteroatoms. The fourth-order valence-electron chi connectivity index (χ4n) is 2.09. The predicted octanol–water partition coefficient (Wildman–Crippen LogP) is 4.51. The number of ether oxygens (including phenoxy) is 1. The van der Waals surface area contributed by atoms with Gasteiger partial charge in [-0.2, -0.15) is 0 Å². The molecule has 20 heavy (non-hydrogen) atoms. The Morgan fingerprint density at radius 2 is 1.85 bits per heavy atom. The molecule has 0 aliphatic heterocycles. The fourth-order valence-corrected chi connectivity index (χ4v) is 2.31. The molecule has 0 bridgehead atoms. The van der Waals surface area contributed by atoms with Crippen LogP contribution in [-0.4, -0.2) is 12.6 Å². The highest BCUT2D eigenvalue weighted by molar-refractivity contribution is 6.32. The van der Waals surface area contributed by atoms with Crippen molar-refractivity contribution < 1.29 is 4.74 Å². The highest BCUT2D eigenvalue weighted by Crippen LogP contribution is 2.31. The van der Waals surface area contributed by atoms with Crippen LogP contribution in [0.3, 0.4) is 0 Å². The van der Waals surface area contributed by atoms with E-state index in [4.69, 9.17) is 22.1 Å². The van der Waals surface area contributed by atoms with Crippen LogP contribution in [0.2, 0.25) is 5.02 Å². The van der Waals surface area contributed by atoms with Crippen LogP contribution in [0.1, 0.15) is 19.8 Å². The molecule has 0 fully saturated rings. The maximum Gasteiger partial charge on any atom is 0.138 e. The third kappa shape index (κ3) is 3.99. The molecule has 0 aliphatic rings. The Balaban J connectivity index is 2.10. The normalized spacial score (nSPS) is 12.2. The van der Waals surface area contributed by atoms with Crippen LogP contribution < -0.4 is 10.5 Å². The highest BCUT2D eigenvalue weighted by atomic mass is 35.5. The molecule has 106 valence electrons. The molecule has 1 atom stereocenters. The van der Waals surface area contributed by atoms with Crippen LogP contribution in [0.5, 0.6) is 5.75 Å². The van der Waals surface area contributed by atoms with Crippen LogP contribution in [0.4, 0.5) is 0 Å². The molecule has 0 aromatic heterocycles. The van der Waals surface area contributed by atoms with Crippen molar-refractivity contribution in [3.63, 3.8) is 0 Å². The van der Waals surface area contributed by atoms with Gasteiger partial charge in [0.05, 0.1) is 11.1 Å². The van der Waals surface area contributed by atoms with Gasteiger partial charge in [0.2, 0.25) is 0 Å². The molecule has 1 unspecified atom stereocenters. The number of hydrogen-bond donors (Lipinski definition) is 1. The number of rotatable bonds is 6. The molecular formula is C17H20ClNO. The molecule has 0 amide bonds. The number of nitrogens with two attached hydrogens (primary N) is 1. The summed E-state index contributed by atoms with van der Waals surface area (Å²) in [6.07, 6.45) is 2.02. The minimum Gasteiger partial charge on any atom is -0.489 e. The Morgan fingerprint density at radius 1 is 1.10 bits per heavy atom. The number of benzene rings is 2. The van der Waals surface area contributed by atoms with E-state index in [9.17, 15) is 0 Å². The molecule has 2 rings (SSSR count). The molecule has 0 radical (unpaired) electrons. The third-order valence-electron chi connectivity index (χ3n) is 3.18. The fraction of sp³-hybridized carbons (Fsp3) is 0.294. The lowest BCUT2D eigenvalue weighted by Gasteiger charge is -2.16. The lowest BCUT2D eigenvalue weighted by atomic mass is 10.1. The average molecular weight is 290 g/mol. The third-order valence-corrected chi connectivity index (χ3v) is 3.48. The van der Waals surface area contributed by atoms with Crippen molar-refractivity contribution in [2.24, 2.45) is 5.73 Å². The van der Waals surface area contributed by atoms with Gasteiger partial charge in [-0.15, -0.1) is 0 Å². The number of halogens is 1. The van der Waals surface area contributed by atoms with Crippen molar-refractivity contribution in [2.75, 3.05) is 6.54 Å². The van der Waals surface area contributed by atoms with Crippen molar-refractivity contribution in [2.45, 2.75) is 25.9 Å². The Bertz CT molecular complexity index is 542. The molecular weight excluding hydrogens is 270 g/mol. The van der Waals surface area contributed by atoms with Crippen molar-refractivity contribution >= 4 is 11.6 Å². The van der Waals surface area contributed by atoms with Gasteiger partial charge in [0.1, 0.15) is 5.75 Å². The van der Waals surface area contributed by atoms with E-state index in [2.05, 4.69) is 12.1 Å². The SMILES string of the molecule is CC(CCCN)Oc1ccc(-c2ccccc2)cc1Cl. The topological polar surface area (TPSA) is 35.2 Å². The zero-order valence-electron chi connectivity index (χ0n) is 11.7. The Hall–Kier alpha value is -1.51. The van der Waals surface area contributed by atoms with E-state index in [0.717, 1.165) is 29.7 Å². The molecule has 0 saturated carbocycles. The molecule has 0 spiro atoms. The molecule has 0 aliphatic carbocycles. The van der Waals surface area contributed by atoms with E-state index in [1.54, 1.807) is 0 Å². The van der Waals surface area contributed by atoms with Crippen LogP contribution >= 0.6 is 11.6 Å². The summed E-state index contributed by atoms with van der Waals surface area (Å²) < 4.78 is 5.85. The standard InChI is InChI=1S/C17H20ClNO/c1-13(6-5-11-19)20-17-10-9-15(12-16(17)18)14-7-3-2-4-8-14/h2-4,7-10,12-13H,5-6,11,19H2,1H3. The van der Waals surface area contributed by atoms with E-state index >= 15 is 0 Å². The van der Waals surface area contributed by atoms with Gasteiger partial charge in [0.25, 0.3) is 0 Å². The van der Waals surface area contributed by atoms with Crippen LogP contribution in [-0.2, 0) is 0 Å². The van der Waals surface area contributed by atoms with Gasteiger partial charge in [-0.3, -0.25) is 0 Å². The average Bonchev–Trinajstić information content (AvgIpc) is 2.48. The van der Waals surface area contributed by atoms with Crippen LogP contribution in [0.25, 0.3) is 11.1 Å². The second-order valence-corrected chi connectivity index (χ2v) is 5.28. The quantitative estimate of drug-likeness (QED) is 0.849. The van der Waals surface area contributed by atoms with Crippen molar-refractivity contribution in [3.8, 4) is 16.9 Å². The van der Waals surface area contributed by atoms with E-state index in [-0.39, 0.29) is 6.10 Å². The zero-order valence-corrected chi connectivity index (χ0v) is 12.4. The van der Waals surface area contributed by atoms with Crippen molar-refractivity contribution in [3.05, 3.63) is 53.6 Å². The summed E-state index contributed by atoms with van der Waals surface area (Å²) in [5, 5.41) is 0.644. The van der Waals surface area contributed by atoms with Gasteiger partial charge < -0.3 is 10.5 Å². The van der Waals surface area contributed by atoms with Gasteiger partial charge >= 0.3 is 0 Å². The maximum atomic E-state index is 6.31. The zero-order chi connectivity index (χ0) is 14.4. The summed E-state index contributed by atoms with van der Waals surface area (Å²) in [4.78, 5) is 0. The first-order chi connectivity index (χ1) is 9.70. The minimum absolute atomic E-state index is 0.124. The van der Waals surface area contributed by atoms with Crippen LogP contribution in [0, 0.1) is 0 Å². The predicted molar refractivity (Wildman–Crippen MR) is 85.3 cm³/mol. The van der Waals surface area contributed by atoms with Crippen molar-refractivity contribution in [1.82, 2.24) is 0 Å². The van der Waals surface area contributed by atoms with E-state index in [1.165, 1.54) is 0 Å². The first-order valence-corrected chi connectivity index (χ1v) is 7.30. The van der Waals surface area contributed by atoms with Gasteiger partial charge in [-0.1, -0.05) is 48.0 Å². The van der Waals surface area contributed by atoms with Gasteiger partial charge in [0, 0.05) is 0 Å². The summed E-state index contributed by atoms with van der Waals surface area (Å²) in [5.74, 6) is 0.732. The molecule has 2 N–H and O–H groups in total. The van der Waals surface area contributed by atoms with Crippen molar-refractivity contribution in [1.29, 1.82) is 0 Å². The summed E-state index contributed by atoms with van der Waals surface area (Å²) in [6.45, 7) is 2.73. The first kappa shape index (κ1) is 14.9.